The molecule has 2 nitrogen and oxygen atoms in total. The van der Waals surface area contributed by atoms with Crippen LogP contribution in [0.15, 0.2) is 0 Å². The average Bonchev–Trinajstić information content (AvgIpc) is 2.65. The molecule has 0 fully saturated rings. The van der Waals surface area contributed by atoms with Crippen LogP contribution >= 0.6 is 0 Å². The monoisotopic (exact) mass is 374 g/mol. The second-order valence-corrected chi connectivity index (χ2v) is 7.55. The van der Waals surface area contributed by atoms with Crippen LogP contribution in [0.5, 0.6) is 0 Å². The molecule has 0 heterocycles. The fourth-order valence-corrected chi connectivity index (χ4v) is 3.13. The van der Waals surface area contributed by atoms with Crippen LogP contribution in [0, 0.1) is 23.7 Å². The Balaban J connectivity index is 3.18. The molecule has 0 aliphatic heterocycles. The third kappa shape index (κ3) is 24.6. The highest BCUT2D eigenvalue weighted by Crippen LogP contribution is 2.13. The van der Waals surface area contributed by atoms with E-state index in [9.17, 15) is 4.79 Å². The van der Waals surface area contributed by atoms with Crippen LogP contribution in [0.3, 0.4) is 0 Å². The highest BCUT2D eigenvalue weighted by atomic mass is 16.4. The van der Waals surface area contributed by atoms with E-state index in [1.165, 1.54) is 96.3 Å². The van der Waals surface area contributed by atoms with E-state index in [2.05, 4.69) is 30.6 Å². The molecular weight excluding hydrogens is 332 g/mol. The van der Waals surface area contributed by atoms with Crippen molar-refractivity contribution in [2.24, 2.45) is 0 Å². The Kier molecular flexibility index (Phi) is 21.4. The lowest BCUT2D eigenvalue weighted by Crippen LogP contribution is -1.92. The van der Waals surface area contributed by atoms with Crippen LogP contribution in [-0.2, 0) is 4.79 Å². The molecule has 0 aromatic carbocycles. The second-order valence-electron chi connectivity index (χ2n) is 7.55. The molecule has 0 aliphatic rings. The summed E-state index contributed by atoms with van der Waals surface area (Å²) in [6, 6.07) is 0. The molecule has 0 saturated carbocycles. The molecule has 0 spiro atoms. The van der Waals surface area contributed by atoms with Crippen molar-refractivity contribution < 1.29 is 9.90 Å². The van der Waals surface area contributed by atoms with Crippen LogP contribution in [0.25, 0.3) is 0 Å². The van der Waals surface area contributed by atoms with Crippen molar-refractivity contribution in [1.29, 1.82) is 0 Å². The van der Waals surface area contributed by atoms with E-state index in [4.69, 9.17) is 5.11 Å². The fraction of sp³-hybridized carbons (Fsp3) is 0.800. The van der Waals surface area contributed by atoms with E-state index < -0.39 is 5.97 Å². The van der Waals surface area contributed by atoms with Crippen molar-refractivity contribution in [2.45, 2.75) is 129 Å². The Morgan fingerprint density at radius 1 is 0.593 bits per heavy atom. The molecule has 0 bridgehead atoms. The number of unbranched alkanes of at least 4 members (excludes halogenated alkanes) is 16. The zero-order chi connectivity index (χ0) is 19.8. The van der Waals surface area contributed by atoms with Gasteiger partial charge in [-0.1, -0.05) is 109 Å². The third-order valence-corrected chi connectivity index (χ3v) is 4.84. The van der Waals surface area contributed by atoms with E-state index >= 15 is 0 Å². The highest BCUT2D eigenvalue weighted by molar-refractivity contribution is 5.66. The zero-order valence-corrected chi connectivity index (χ0v) is 17.8. The second kappa shape index (κ2) is 22.6. The highest BCUT2D eigenvalue weighted by Gasteiger charge is 1.94. The molecule has 0 aliphatic carbocycles. The van der Waals surface area contributed by atoms with Gasteiger partial charge < -0.3 is 5.11 Å². The topological polar surface area (TPSA) is 37.3 Å². The molecule has 0 unspecified atom stereocenters. The number of carboxylic acid groups (broad SMARTS) is 1. The quantitative estimate of drug-likeness (QED) is 0.199. The Morgan fingerprint density at radius 3 is 1.37 bits per heavy atom. The van der Waals surface area contributed by atoms with E-state index in [1.54, 1.807) is 0 Å². The summed E-state index contributed by atoms with van der Waals surface area (Å²) in [5, 5.41) is 8.50. The molecule has 0 saturated heterocycles. The van der Waals surface area contributed by atoms with Crippen LogP contribution in [0.4, 0.5) is 0 Å². The Labute approximate surface area is 168 Å². The molecule has 0 amide bonds. The molecule has 27 heavy (non-hydrogen) atoms. The fourth-order valence-electron chi connectivity index (χ4n) is 3.13. The van der Waals surface area contributed by atoms with Gasteiger partial charge >= 0.3 is 5.97 Å². The number of carbonyl (C=O) groups is 1. The third-order valence-electron chi connectivity index (χ3n) is 4.84. The maximum absolute atomic E-state index is 10.3. The lowest BCUT2D eigenvalue weighted by molar-refractivity contribution is -0.137. The lowest BCUT2D eigenvalue weighted by atomic mass is 10.0. The van der Waals surface area contributed by atoms with Gasteiger partial charge in [0.1, 0.15) is 0 Å². The first-order valence-electron chi connectivity index (χ1n) is 11.4. The van der Waals surface area contributed by atoms with Crippen molar-refractivity contribution >= 4 is 5.97 Å². The summed E-state index contributed by atoms with van der Waals surface area (Å²) in [7, 11) is 0. The molecule has 154 valence electrons. The summed E-state index contributed by atoms with van der Waals surface area (Å²) in [6.07, 6.45) is 23.1. The lowest BCUT2D eigenvalue weighted by Gasteiger charge is -2.03. The SMILES string of the molecule is CCCCCCCCCCCCCCCCCC#CC#CCCCC(=O)O. The summed E-state index contributed by atoms with van der Waals surface area (Å²) < 4.78 is 0. The normalized spacial score (nSPS) is 9.96. The standard InChI is InChI=1S/C25H42O2/c1-2-3-4-5-6-7-8-9-10-11-12-13-14-15-16-17-18-19-20-21-22-23-24-25(26)27/h2-17,22-24H2,1H3,(H,26,27). The number of hydrogen-bond donors (Lipinski definition) is 1. The number of hydrogen-bond acceptors (Lipinski definition) is 1. The Bertz CT molecular complexity index is 444. The maximum Gasteiger partial charge on any atom is 0.303 e. The van der Waals surface area contributed by atoms with Gasteiger partial charge in [-0.3, -0.25) is 4.79 Å². The minimum absolute atomic E-state index is 0.196. The van der Waals surface area contributed by atoms with Gasteiger partial charge in [-0.2, -0.15) is 0 Å². The molecular formula is C25H42O2. The molecule has 0 aromatic heterocycles. The van der Waals surface area contributed by atoms with Crippen molar-refractivity contribution in [2.75, 3.05) is 0 Å². The van der Waals surface area contributed by atoms with Gasteiger partial charge in [0, 0.05) is 19.3 Å². The molecule has 0 rings (SSSR count). The van der Waals surface area contributed by atoms with Gasteiger partial charge in [-0.15, -0.1) is 0 Å². The summed E-state index contributed by atoms with van der Waals surface area (Å²) in [5.41, 5.74) is 0. The summed E-state index contributed by atoms with van der Waals surface area (Å²) in [4.78, 5) is 10.3. The van der Waals surface area contributed by atoms with Crippen molar-refractivity contribution in [3.63, 3.8) is 0 Å². The van der Waals surface area contributed by atoms with Gasteiger partial charge in [0.05, 0.1) is 0 Å². The van der Waals surface area contributed by atoms with Gasteiger partial charge in [0.25, 0.3) is 0 Å². The van der Waals surface area contributed by atoms with Crippen LogP contribution in [0.2, 0.25) is 0 Å². The minimum Gasteiger partial charge on any atom is -0.481 e. The Hall–Kier alpha value is -1.41. The van der Waals surface area contributed by atoms with Gasteiger partial charge in [-0.05, 0) is 24.7 Å². The average molecular weight is 375 g/mol. The maximum atomic E-state index is 10.3. The first kappa shape index (κ1) is 25.6. The van der Waals surface area contributed by atoms with Gasteiger partial charge in [-0.25, -0.2) is 0 Å². The van der Waals surface area contributed by atoms with Crippen molar-refractivity contribution in [3.8, 4) is 23.7 Å². The van der Waals surface area contributed by atoms with E-state index in [0.717, 1.165) is 6.42 Å². The molecule has 0 atom stereocenters. The summed E-state index contributed by atoms with van der Waals surface area (Å²) >= 11 is 0. The number of carboxylic acids is 1. The first-order valence-corrected chi connectivity index (χ1v) is 11.4. The van der Waals surface area contributed by atoms with Crippen LogP contribution in [0.1, 0.15) is 129 Å². The molecule has 0 aromatic rings. The van der Waals surface area contributed by atoms with Crippen molar-refractivity contribution in [3.05, 3.63) is 0 Å². The largest absolute Gasteiger partial charge is 0.481 e. The smallest absolute Gasteiger partial charge is 0.303 e. The van der Waals surface area contributed by atoms with E-state index in [0.29, 0.717) is 12.8 Å². The predicted molar refractivity (Wildman–Crippen MR) is 117 cm³/mol. The Morgan fingerprint density at radius 2 is 0.963 bits per heavy atom. The zero-order valence-electron chi connectivity index (χ0n) is 17.8. The molecule has 0 radical (unpaired) electrons. The van der Waals surface area contributed by atoms with Crippen LogP contribution in [-0.4, -0.2) is 11.1 Å². The number of aliphatic carboxylic acids is 1. The summed E-state index contributed by atoms with van der Waals surface area (Å²) in [5.74, 6) is 10.9. The summed E-state index contributed by atoms with van der Waals surface area (Å²) in [6.45, 7) is 2.28. The molecule has 2 heteroatoms. The van der Waals surface area contributed by atoms with Gasteiger partial charge in [0.15, 0.2) is 0 Å². The predicted octanol–water partition coefficient (Wildman–Crippen LogP) is 7.51. The number of rotatable bonds is 18. The first-order chi connectivity index (χ1) is 13.3. The van der Waals surface area contributed by atoms with Crippen molar-refractivity contribution in [1.82, 2.24) is 0 Å². The molecule has 1 N–H and O–H groups in total. The van der Waals surface area contributed by atoms with E-state index in [-0.39, 0.29) is 6.42 Å². The van der Waals surface area contributed by atoms with Crippen LogP contribution < -0.4 is 0 Å². The minimum atomic E-state index is -0.754. The van der Waals surface area contributed by atoms with Gasteiger partial charge in [0.2, 0.25) is 0 Å². The van der Waals surface area contributed by atoms with E-state index in [1.807, 2.05) is 0 Å².